The Kier molecular flexibility index (Phi) is 3.54. The predicted octanol–water partition coefficient (Wildman–Crippen LogP) is 3.12. The summed E-state index contributed by atoms with van der Waals surface area (Å²) in [7, 11) is 0. The summed E-state index contributed by atoms with van der Waals surface area (Å²) in [6, 6.07) is 8.90. The van der Waals surface area contributed by atoms with Gasteiger partial charge in [0.05, 0.1) is 5.56 Å². The maximum absolute atomic E-state index is 12.9. The quantitative estimate of drug-likeness (QED) is 0.718. The summed E-state index contributed by atoms with van der Waals surface area (Å²) < 4.78 is 18.2. The molecule has 0 aliphatic heterocycles. The Labute approximate surface area is 94.4 Å². The second-order valence-corrected chi connectivity index (χ2v) is 4.15. The van der Waals surface area contributed by atoms with Crippen molar-refractivity contribution >= 4 is 5.97 Å². The maximum atomic E-state index is 12.9. The van der Waals surface area contributed by atoms with Gasteiger partial charge in [-0.3, -0.25) is 0 Å². The van der Waals surface area contributed by atoms with Crippen molar-refractivity contribution in [3.8, 4) is 0 Å². The highest BCUT2D eigenvalue weighted by Gasteiger charge is 2.23. The van der Waals surface area contributed by atoms with Gasteiger partial charge in [-0.2, -0.15) is 0 Å². The van der Waals surface area contributed by atoms with Gasteiger partial charge in [0, 0.05) is 0 Å². The van der Waals surface area contributed by atoms with Crippen molar-refractivity contribution in [3.63, 3.8) is 0 Å². The summed E-state index contributed by atoms with van der Waals surface area (Å²) in [5.41, 5.74) is 0.560. The number of esters is 1. The molecule has 0 spiro atoms. The largest absolute Gasteiger partial charge is 0.459 e. The van der Waals surface area contributed by atoms with E-state index in [9.17, 15) is 9.18 Å². The molecule has 0 aromatic heterocycles. The molecule has 1 saturated carbocycles. The molecule has 0 atom stereocenters. The van der Waals surface area contributed by atoms with Gasteiger partial charge in [0.15, 0.2) is 0 Å². The first-order chi connectivity index (χ1) is 7.75. The Morgan fingerprint density at radius 3 is 2.38 bits per heavy atom. The molecule has 1 aromatic carbocycles. The van der Waals surface area contributed by atoms with Crippen molar-refractivity contribution < 1.29 is 13.9 Å². The molecule has 3 heteroatoms. The SMILES string of the molecule is O=C(O[C@H]1CC[C@H](F)CC1)c1ccccc1. The number of hydrogen-bond acceptors (Lipinski definition) is 2. The van der Waals surface area contributed by atoms with E-state index in [0.717, 1.165) is 0 Å². The number of hydrogen-bond donors (Lipinski definition) is 0. The standard InChI is InChI=1S/C13H15FO2/c14-11-6-8-12(9-7-11)16-13(15)10-4-2-1-3-5-10/h1-5,11-12H,6-9H2/t11-,12-. The number of rotatable bonds is 2. The average molecular weight is 222 g/mol. The lowest BCUT2D eigenvalue weighted by atomic mass is 9.96. The van der Waals surface area contributed by atoms with Crippen molar-refractivity contribution in [3.05, 3.63) is 35.9 Å². The number of halogens is 1. The van der Waals surface area contributed by atoms with E-state index < -0.39 is 6.17 Å². The van der Waals surface area contributed by atoms with E-state index in [4.69, 9.17) is 4.74 Å². The highest BCUT2D eigenvalue weighted by molar-refractivity contribution is 5.89. The van der Waals surface area contributed by atoms with Gasteiger partial charge in [-0.1, -0.05) is 18.2 Å². The fraction of sp³-hybridized carbons (Fsp3) is 0.462. The Balaban J connectivity index is 1.88. The van der Waals surface area contributed by atoms with Crippen LogP contribution in [0.5, 0.6) is 0 Å². The van der Waals surface area contributed by atoms with Crippen LogP contribution in [0.4, 0.5) is 4.39 Å². The number of carbonyl (C=O) groups is 1. The molecule has 16 heavy (non-hydrogen) atoms. The van der Waals surface area contributed by atoms with Crippen molar-refractivity contribution in [1.29, 1.82) is 0 Å². The van der Waals surface area contributed by atoms with Gasteiger partial charge >= 0.3 is 5.97 Å². The molecule has 0 N–H and O–H groups in total. The molecular formula is C13H15FO2. The van der Waals surface area contributed by atoms with E-state index in [2.05, 4.69) is 0 Å². The number of carbonyl (C=O) groups excluding carboxylic acids is 1. The molecule has 0 radical (unpaired) electrons. The first-order valence-electron chi connectivity index (χ1n) is 5.66. The Morgan fingerprint density at radius 2 is 1.75 bits per heavy atom. The highest BCUT2D eigenvalue weighted by Crippen LogP contribution is 2.24. The van der Waals surface area contributed by atoms with Crippen LogP contribution in [0.25, 0.3) is 0 Å². The third-order valence-corrected chi connectivity index (χ3v) is 2.89. The molecule has 1 fully saturated rings. The van der Waals surface area contributed by atoms with E-state index in [0.29, 0.717) is 31.2 Å². The maximum Gasteiger partial charge on any atom is 0.338 e. The van der Waals surface area contributed by atoms with Gasteiger partial charge in [0.1, 0.15) is 12.3 Å². The van der Waals surface area contributed by atoms with Crippen molar-refractivity contribution in [2.75, 3.05) is 0 Å². The monoisotopic (exact) mass is 222 g/mol. The van der Waals surface area contributed by atoms with E-state index in [-0.39, 0.29) is 12.1 Å². The molecule has 1 aliphatic carbocycles. The van der Waals surface area contributed by atoms with Crippen molar-refractivity contribution in [1.82, 2.24) is 0 Å². The zero-order valence-corrected chi connectivity index (χ0v) is 9.06. The third-order valence-electron chi connectivity index (χ3n) is 2.89. The lowest BCUT2D eigenvalue weighted by Crippen LogP contribution is -2.25. The van der Waals surface area contributed by atoms with Crippen LogP contribution < -0.4 is 0 Å². The minimum atomic E-state index is -0.716. The van der Waals surface area contributed by atoms with Gasteiger partial charge in [0.25, 0.3) is 0 Å². The molecule has 0 heterocycles. The van der Waals surface area contributed by atoms with Crippen LogP contribution in [0.2, 0.25) is 0 Å². The fourth-order valence-corrected chi connectivity index (χ4v) is 1.93. The van der Waals surface area contributed by atoms with Gasteiger partial charge in [-0.05, 0) is 37.8 Å². The van der Waals surface area contributed by atoms with Gasteiger partial charge in [-0.15, -0.1) is 0 Å². The van der Waals surface area contributed by atoms with Crippen LogP contribution >= 0.6 is 0 Å². The lowest BCUT2D eigenvalue weighted by Gasteiger charge is -2.24. The number of benzene rings is 1. The van der Waals surface area contributed by atoms with E-state index in [1.165, 1.54) is 0 Å². The summed E-state index contributed by atoms with van der Waals surface area (Å²) in [6.07, 6.45) is 1.46. The summed E-state index contributed by atoms with van der Waals surface area (Å²) in [5.74, 6) is -0.303. The third kappa shape index (κ3) is 2.81. The second kappa shape index (κ2) is 5.10. The minimum Gasteiger partial charge on any atom is -0.459 e. The smallest absolute Gasteiger partial charge is 0.338 e. The lowest BCUT2D eigenvalue weighted by molar-refractivity contribution is 0.0141. The van der Waals surface area contributed by atoms with E-state index in [1.54, 1.807) is 24.3 Å². The molecule has 0 amide bonds. The number of ether oxygens (including phenoxy) is 1. The van der Waals surface area contributed by atoms with Crippen LogP contribution in [0.3, 0.4) is 0 Å². The van der Waals surface area contributed by atoms with Crippen molar-refractivity contribution in [2.24, 2.45) is 0 Å². The molecule has 0 saturated heterocycles. The summed E-state index contributed by atoms with van der Waals surface area (Å²) in [5, 5.41) is 0. The first kappa shape index (κ1) is 11.1. The molecule has 0 unspecified atom stereocenters. The summed E-state index contributed by atoms with van der Waals surface area (Å²) in [4.78, 5) is 11.7. The minimum absolute atomic E-state index is 0.111. The molecular weight excluding hydrogens is 207 g/mol. The summed E-state index contributed by atoms with van der Waals surface area (Å²) in [6.45, 7) is 0. The molecule has 1 aromatic rings. The normalized spacial score (nSPS) is 25.1. The van der Waals surface area contributed by atoms with Crippen molar-refractivity contribution in [2.45, 2.75) is 38.0 Å². The fourth-order valence-electron chi connectivity index (χ4n) is 1.93. The average Bonchev–Trinajstić information content (AvgIpc) is 2.33. The molecule has 2 rings (SSSR count). The van der Waals surface area contributed by atoms with E-state index in [1.807, 2.05) is 6.07 Å². The molecule has 0 bridgehead atoms. The molecule has 1 aliphatic rings. The summed E-state index contributed by atoms with van der Waals surface area (Å²) >= 11 is 0. The van der Waals surface area contributed by atoms with E-state index >= 15 is 0 Å². The first-order valence-corrected chi connectivity index (χ1v) is 5.66. The molecule has 2 nitrogen and oxygen atoms in total. The zero-order valence-electron chi connectivity index (χ0n) is 9.06. The molecule has 86 valence electrons. The van der Waals surface area contributed by atoms with Gasteiger partial charge < -0.3 is 4.74 Å². The van der Waals surface area contributed by atoms with Crippen LogP contribution in [0, 0.1) is 0 Å². The highest BCUT2D eigenvalue weighted by atomic mass is 19.1. The topological polar surface area (TPSA) is 26.3 Å². The van der Waals surface area contributed by atoms with Gasteiger partial charge in [0.2, 0.25) is 0 Å². The Hall–Kier alpha value is -1.38. The van der Waals surface area contributed by atoms with Crippen LogP contribution in [-0.2, 0) is 4.74 Å². The second-order valence-electron chi connectivity index (χ2n) is 4.15. The van der Waals surface area contributed by atoms with Crippen LogP contribution in [0.15, 0.2) is 30.3 Å². The Morgan fingerprint density at radius 1 is 1.12 bits per heavy atom. The van der Waals surface area contributed by atoms with Crippen LogP contribution in [-0.4, -0.2) is 18.2 Å². The number of alkyl halides is 1. The predicted molar refractivity (Wildman–Crippen MR) is 59.0 cm³/mol. The zero-order chi connectivity index (χ0) is 11.4. The van der Waals surface area contributed by atoms with Gasteiger partial charge in [-0.25, -0.2) is 9.18 Å². The Bertz CT molecular complexity index is 342. The van der Waals surface area contributed by atoms with Crippen LogP contribution in [0.1, 0.15) is 36.0 Å².